The van der Waals surface area contributed by atoms with Crippen molar-refractivity contribution in [1.29, 1.82) is 0 Å². The van der Waals surface area contributed by atoms with E-state index < -0.39 is 41.0 Å². The lowest BCUT2D eigenvalue weighted by molar-refractivity contribution is -0.384. The van der Waals surface area contributed by atoms with Crippen LogP contribution in [0.25, 0.3) is 0 Å². The van der Waals surface area contributed by atoms with Crippen molar-refractivity contribution in [2.45, 2.75) is 13.3 Å². The number of halogens is 1. The fourth-order valence-corrected chi connectivity index (χ4v) is 3.11. The van der Waals surface area contributed by atoms with Crippen LogP contribution in [-0.2, 0) is 19.1 Å². The maximum absolute atomic E-state index is 13.9. The van der Waals surface area contributed by atoms with Crippen LogP contribution >= 0.6 is 0 Å². The first-order valence-electron chi connectivity index (χ1n) is 9.02. The number of benzene rings is 2. The van der Waals surface area contributed by atoms with E-state index in [1.165, 1.54) is 41.3 Å². The molecular formula is C20H18FN3O6. The monoisotopic (exact) mass is 415 g/mol. The van der Waals surface area contributed by atoms with E-state index in [9.17, 15) is 28.9 Å². The molecule has 1 fully saturated rings. The highest BCUT2D eigenvalue weighted by Crippen LogP contribution is 2.28. The molecule has 2 aromatic rings. The molecule has 1 aliphatic heterocycles. The van der Waals surface area contributed by atoms with E-state index >= 15 is 0 Å². The van der Waals surface area contributed by atoms with Crippen molar-refractivity contribution in [2.75, 3.05) is 23.4 Å². The minimum atomic E-state index is -0.814. The molecule has 2 amide bonds. The Labute approximate surface area is 170 Å². The number of esters is 1. The van der Waals surface area contributed by atoms with Gasteiger partial charge in [0.05, 0.1) is 16.5 Å². The predicted octanol–water partition coefficient (Wildman–Crippen LogP) is 2.58. The zero-order chi connectivity index (χ0) is 21.8. The van der Waals surface area contributed by atoms with Gasteiger partial charge in [-0.3, -0.25) is 24.5 Å². The van der Waals surface area contributed by atoms with Gasteiger partial charge in [0, 0.05) is 30.8 Å². The number of para-hydroxylation sites is 1. The van der Waals surface area contributed by atoms with Gasteiger partial charge in [0.15, 0.2) is 6.61 Å². The first-order valence-corrected chi connectivity index (χ1v) is 9.02. The number of hydrogen-bond acceptors (Lipinski definition) is 6. The van der Waals surface area contributed by atoms with Gasteiger partial charge in [-0.2, -0.15) is 0 Å². The molecule has 0 saturated carbocycles. The largest absolute Gasteiger partial charge is 0.455 e. The van der Waals surface area contributed by atoms with E-state index in [4.69, 9.17) is 4.74 Å². The van der Waals surface area contributed by atoms with Crippen molar-refractivity contribution in [3.8, 4) is 0 Å². The Bertz CT molecular complexity index is 1030. The molecule has 0 unspecified atom stereocenters. The number of hydrogen-bond donors (Lipinski definition) is 1. The molecule has 0 radical (unpaired) electrons. The molecule has 10 heteroatoms. The number of nitrogens with zero attached hydrogens (tertiary/aromatic N) is 2. The summed E-state index contributed by atoms with van der Waals surface area (Å²) in [6, 6.07) is 9.69. The van der Waals surface area contributed by atoms with E-state index in [2.05, 4.69) is 5.32 Å². The number of non-ortho nitro benzene ring substituents is 1. The number of amides is 2. The molecule has 1 aliphatic rings. The van der Waals surface area contributed by atoms with Crippen molar-refractivity contribution < 1.29 is 28.4 Å². The molecule has 1 saturated heterocycles. The molecule has 3 rings (SSSR count). The summed E-state index contributed by atoms with van der Waals surface area (Å²) >= 11 is 0. The van der Waals surface area contributed by atoms with Crippen LogP contribution in [-0.4, -0.2) is 35.9 Å². The molecule has 1 atom stereocenters. The number of anilines is 2. The summed E-state index contributed by atoms with van der Waals surface area (Å²) in [6.07, 6.45) is -0.143. The van der Waals surface area contributed by atoms with E-state index in [1.807, 2.05) is 0 Å². The van der Waals surface area contributed by atoms with Gasteiger partial charge in [-0.05, 0) is 30.7 Å². The molecular weight excluding hydrogens is 397 g/mol. The van der Waals surface area contributed by atoms with Crippen LogP contribution in [0.4, 0.5) is 21.5 Å². The fraction of sp³-hybridized carbons (Fsp3) is 0.250. The smallest absolute Gasteiger partial charge is 0.311 e. The Morgan fingerprint density at radius 3 is 2.70 bits per heavy atom. The molecule has 0 aromatic heterocycles. The Kier molecular flexibility index (Phi) is 6.05. The van der Waals surface area contributed by atoms with E-state index in [-0.39, 0.29) is 24.3 Å². The quantitative estimate of drug-likeness (QED) is 0.440. The summed E-state index contributed by atoms with van der Waals surface area (Å²) in [4.78, 5) is 47.8. The highest BCUT2D eigenvalue weighted by atomic mass is 19.1. The average molecular weight is 415 g/mol. The van der Waals surface area contributed by atoms with Crippen molar-refractivity contribution >= 4 is 34.8 Å². The van der Waals surface area contributed by atoms with Crippen LogP contribution in [0.5, 0.6) is 0 Å². The van der Waals surface area contributed by atoms with Gasteiger partial charge in [0.2, 0.25) is 5.91 Å². The SMILES string of the molecule is Cc1cc([N+](=O)[O-])ccc1NC(=O)COC(=O)[C@H]1CC(=O)N(c2ccccc2F)C1. The number of rotatable bonds is 6. The Morgan fingerprint density at radius 2 is 2.03 bits per heavy atom. The van der Waals surface area contributed by atoms with Crippen LogP contribution in [0.3, 0.4) is 0 Å². The number of nitrogens with one attached hydrogen (secondary N) is 1. The summed E-state index contributed by atoms with van der Waals surface area (Å²) in [5.41, 5.74) is 0.806. The zero-order valence-corrected chi connectivity index (χ0v) is 16.0. The third-order valence-electron chi connectivity index (χ3n) is 4.64. The average Bonchev–Trinajstić information content (AvgIpc) is 3.09. The molecule has 0 bridgehead atoms. The molecule has 1 heterocycles. The summed E-state index contributed by atoms with van der Waals surface area (Å²) in [5, 5.41) is 13.3. The highest BCUT2D eigenvalue weighted by Gasteiger charge is 2.37. The van der Waals surface area contributed by atoms with E-state index in [0.29, 0.717) is 11.3 Å². The van der Waals surface area contributed by atoms with Crippen LogP contribution < -0.4 is 10.2 Å². The highest BCUT2D eigenvalue weighted by molar-refractivity contribution is 6.00. The molecule has 0 spiro atoms. The third-order valence-corrected chi connectivity index (χ3v) is 4.64. The maximum Gasteiger partial charge on any atom is 0.311 e. The zero-order valence-electron chi connectivity index (χ0n) is 16.0. The number of carbonyl (C=O) groups excluding carboxylic acids is 3. The number of nitro benzene ring substituents is 1. The van der Waals surface area contributed by atoms with E-state index in [1.54, 1.807) is 13.0 Å². The second kappa shape index (κ2) is 8.68. The van der Waals surface area contributed by atoms with Crippen molar-refractivity contribution in [3.63, 3.8) is 0 Å². The fourth-order valence-electron chi connectivity index (χ4n) is 3.11. The summed E-state index contributed by atoms with van der Waals surface area (Å²) in [7, 11) is 0. The first kappa shape index (κ1) is 20.9. The summed E-state index contributed by atoms with van der Waals surface area (Å²) in [6.45, 7) is 0.970. The van der Waals surface area contributed by atoms with Gasteiger partial charge in [0.25, 0.3) is 11.6 Å². The Balaban J connectivity index is 1.54. The van der Waals surface area contributed by atoms with Crippen molar-refractivity contribution in [2.24, 2.45) is 5.92 Å². The molecule has 2 aromatic carbocycles. The minimum absolute atomic E-state index is 0.0400. The van der Waals surface area contributed by atoms with Crippen LogP contribution in [0.1, 0.15) is 12.0 Å². The molecule has 1 N–H and O–H groups in total. The summed E-state index contributed by atoms with van der Waals surface area (Å²) in [5.74, 6) is -3.16. The number of carbonyl (C=O) groups is 3. The van der Waals surface area contributed by atoms with E-state index in [0.717, 1.165) is 0 Å². The van der Waals surface area contributed by atoms with Gasteiger partial charge >= 0.3 is 5.97 Å². The lowest BCUT2D eigenvalue weighted by atomic mass is 10.1. The normalized spacial score (nSPS) is 15.7. The van der Waals surface area contributed by atoms with Crippen molar-refractivity contribution in [1.82, 2.24) is 0 Å². The van der Waals surface area contributed by atoms with Gasteiger partial charge in [-0.15, -0.1) is 0 Å². The Morgan fingerprint density at radius 1 is 1.30 bits per heavy atom. The lowest BCUT2D eigenvalue weighted by Crippen LogP contribution is -2.28. The van der Waals surface area contributed by atoms with Crippen LogP contribution in [0.15, 0.2) is 42.5 Å². The first-order chi connectivity index (χ1) is 14.3. The number of nitro groups is 1. The molecule has 156 valence electrons. The minimum Gasteiger partial charge on any atom is -0.455 e. The third kappa shape index (κ3) is 4.59. The van der Waals surface area contributed by atoms with Crippen LogP contribution in [0.2, 0.25) is 0 Å². The lowest BCUT2D eigenvalue weighted by Gasteiger charge is -2.17. The number of aryl methyl sites for hydroxylation is 1. The topological polar surface area (TPSA) is 119 Å². The molecule has 9 nitrogen and oxygen atoms in total. The van der Waals surface area contributed by atoms with Gasteiger partial charge < -0.3 is 15.0 Å². The molecule has 30 heavy (non-hydrogen) atoms. The summed E-state index contributed by atoms with van der Waals surface area (Å²) < 4.78 is 18.9. The van der Waals surface area contributed by atoms with Gasteiger partial charge in [0.1, 0.15) is 5.82 Å². The van der Waals surface area contributed by atoms with Gasteiger partial charge in [-0.25, -0.2) is 4.39 Å². The predicted molar refractivity (Wildman–Crippen MR) is 104 cm³/mol. The molecule has 0 aliphatic carbocycles. The Hall–Kier alpha value is -3.82. The standard InChI is InChI=1S/C20H18FN3O6/c1-12-8-14(24(28)29)6-7-16(12)22-18(25)11-30-20(27)13-9-19(26)23(10-13)17-5-3-2-4-15(17)21/h2-8,13H,9-11H2,1H3,(H,22,25)/t13-/m0/s1. The maximum atomic E-state index is 13.9. The van der Waals surface area contributed by atoms with Gasteiger partial charge in [-0.1, -0.05) is 12.1 Å². The second-order valence-electron chi connectivity index (χ2n) is 6.77. The second-order valence-corrected chi connectivity index (χ2v) is 6.77. The van der Waals surface area contributed by atoms with Crippen molar-refractivity contribution in [3.05, 3.63) is 64.0 Å². The van der Waals surface area contributed by atoms with Crippen LogP contribution in [0, 0.1) is 28.8 Å². The number of ether oxygens (including phenoxy) is 1.